The summed E-state index contributed by atoms with van der Waals surface area (Å²) in [4.78, 5) is 10.6. The Bertz CT molecular complexity index is 319. The lowest BCUT2D eigenvalue weighted by Gasteiger charge is -2.23. The van der Waals surface area contributed by atoms with Crippen LogP contribution < -0.4 is 0 Å². The molecule has 2 rings (SSSR count). The second-order valence-corrected chi connectivity index (χ2v) is 4.15. The first-order chi connectivity index (χ1) is 6.79. The van der Waals surface area contributed by atoms with Crippen molar-refractivity contribution in [1.82, 2.24) is 0 Å². The number of carbonyl (C=O) groups excluding carboxylic acids is 1. The van der Waals surface area contributed by atoms with Gasteiger partial charge in [-0.25, -0.2) is 0 Å². The summed E-state index contributed by atoms with van der Waals surface area (Å²) < 4.78 is 0. The summed E-state index contributed by atoms with van der Waals surface area (Å²) >= 11 is 0. The van der Waals surface area contributed by atoms with E-state index in [2.05, 4.69) is 12.1 Å². The molecule has 1 aliphatic carbocycles. The number of hydrogen-bond donors (Lipinski definition) is 1. The summed E-state index contributed by atoms with van der Waals surface area (Å²) in [6.07, 6.45) is 3.04. The maximum absolute atomic E-state index is 10.6. The number of fused-ring (bicyclic) bond motifs is 1. The van der Waals surface area contributed by atoms with E-state index in [-0.39, 0.29) is 12.0 Å². The molecule has 0 bridgehead atoms. The lowest BCUT2D eigenvalue weighted by molar-refractivity contribution is -0.110. The fraction of sp³-hybridized carbons (Fsp3) is 0.417. The molecule has 0 aromatic heterocycles. The number of benzene rings is 1. The molecular weight excluding hydrogens is 176 g/mol. The Labute approximate surface area is 83.6 Å². The first-order valence-electron chi connectivity index (χ1n) is 4.91. The Morgan fingerprint density at radius 1 is 1.29 bits per heavy atom. The summed E-state index contributed by atoms with van der Waals surface area (Å²) in [5.74, 6) is 0. The molecule has 0 spiro atoms. The number of aliphatic hydroxyl groups is 1. The molecule has 2 nitrogen and oxygen atoms in total. The third-order valence-corrected chi connectivity index (χ3v) is 3.10. The zero-order valence-corrected chi connectivity index (χ0v) is 8.07. The van der Waals surface area contributed by atoms with E-state index in [1.54, 1.807) is 0 Å². The topological polar surface area (TPSA) is 37.3 Å². The van der Waals surface area contributed by atoms with E-state index in [1.807, 2.05) is 12.1 Å². The third kappa shape index (κ3) is 1.46. The molecule has 1 aromatic rings. The predicted octanol–water partition coefficient (Wildman–Crippen LogP) is 1.35. The minimum atomic E-state index is -0.217. The summed E-state index contributed by atoms with van der Waals surface area (Å²) in [6, 6.07) is 8.18. The number of hydrogen-bond acceptors (Lipinski definition) is 2. The van der Waals surface area contributed by atoms with E-state index in [9.17, 15) is 9.90 Å². The Morgan fingerprint density at radius 2 is 1.86 bits per heavy atom. The van der Waals surface area contributed by atoms with Crippen LogP contribution in [0.5, 0.6) is 0 Å². The number of rotatable bonds is 3. The monoisotopic (exact) mass is 190 g/mol. The van der Waals surface area contributed by atoms with Gasteiger partial charge in [0, 0.05) is 18.4 Å². The molecule has 14 heavy (non-hydrogen) atoms. The fourth-order valence-corrected chi connectivity index (χ4v) is 2.27. The van der Waals surface area contributed by atoms with E-state index >= 15 is 0 Å². The lowest BCUT2D eigenvalue weighted by atomic mass is 9.83. The first-order valence-corrected chi connectivity index (χ1v) is 4.91. The molecule has 0 atom stereocenters. The average Bonchev–Trinajstić information content (AvgIpc) is 2.57. The van der Waals surface area contributed by atoms with Crippen LogP contribution in [0.3, 0.4) is 0 Å². The quantitative estimate of drug-likeness (QED) is 0.730. The molecule has 74 valence electrons. The highest BCUT2D eigenvalue weighted by Crippen LogP contribution is 2.38. The Balaban J connectivity index is 2.27. The van der Waals surface area contributed by atoms with Gasteiger partial charge in [-0.3, -0.25) is 0 Å². The van der Waals surface area contributed by atoms with Gasteiger partial charge in [0.15, 0.2) is 0 Å². The smallest absolute Gasteiger partial charge is 0.120 e. The van der Waals surface area contributed by atoms with Gasteiger partial charge in [0.25, 0.3) is 0 Å². The van der Waals surface area contributed by atoms with Crippen LogP contribution in [0, 0.1) is 5.41 Å². The molecule has 0 unspecified atom stereocenters. The second-order valence-electron chi connectivity index (χ2n) is 4.15. The summed E-state index contributed by atoms with van der Waals surface area (Å²) in [5, 5.41) is 9.36. The minimum Gasteiger partial charge on any atom is -0.396 e. The normalized spacial score (nSPS) is 17.8. The van der Waals surface area contributed by atoms with Crippen LogP contribution in [0.4, 0.5) is 0 Å². The van der Waals surface area contributed by atoms with Crippen LogP contribution in [0.1, 0.15) is 17.5 Å². The van der Waals surface area contributed by atoms with Gasteiger partial charge in [-0.15, -0.1) is 0 Å². The van der Waals surface area contributed by atoms with Crippen LogP contribution in [0.25, 0.3) is 0 Å². The Kier molecular flexibility index (Phi) is 2.38. The van der Waals surface area contributed by atoms with Gasteiger partial charge in [-0.05, 0) is 24.0 Å². The molecule has 2 heteroatoms. The number of aliphatic hydroxyl groups excluding tert-OH is 1. The van der Waals surface area contributed by atoms with Crippen molar-refractivity contribution in [3.8, 4) is 0 Å². The van der Waals surface area contributed by atoms with Gasteiger partial charge in [0.05, 0.1) is 0 Å². The van der Waals surface area contributed by atoms with Gasteiger partial charge in [-0.2, -0.15) is 0 Å². The van der Waals surface area contributed by atoms with E-state index in [1.165, 1.54) is 11.1 Å². The van der Waals surface area contributed by atoms with E-state index in [4.69, 9.17) is 0 Å². The molecule has 0 radical (unpaired) electrons. The van der Waals surface area contributed by atoms with E-state index < -0.39 is 0 Å². The molecule has 1 aliphatic rings. The lowest BCUT2D eigenvalue weighted by Crippen LogP contribution is -2.26. The van der Waals surface area contributed by atoms with Crippen molar-refractivity contribution in [3.63, 3.8) is 0 Å². The van der Waals surface area contributed by atoms with Crippen molar-refractivity contribution in [2.45, 2.75) is 19.3 Å². The van der Waals surface area contributed by atoms with Crippen molar-refractivity contribution in [3.05, 3.63) is 35.4 Å². The van der Waals surface area contributed by atoms with Gasteiger partial charge in [0.2, 0.25) is 0 Å². The molecule has 0 amide bonds. The van der Waals surface area contributed by atoms with Crippen molar-refractivity contribution in [2.24, 2.45) is 5.41 Å². The summed E-state index contributed by atoms with van der Waals surface area (Å²) in [6.45, 7) is 0.0976. The standard InChI is InChI=1S/C12H14O2/c13-6-5-12(9-14)7-10-3-1-2-4-11(10)8-12/h1-4,6,14H,5,7-9H2. The van der Waals surface area contributed by atoms with E-state index in [0.29, 0.717) is 6.42 Å². The van der Waals surface area contributed by atoms with Crippen molar-refractivity contribution < 1.29 is 9.90 Å². The molecule has 0 heterocycles. The Morgan fingerprint density at radius 3 is 2.29 bits per heavy atom. The molecule has 0 saturated heterocycles. The summed E-state index contributed by atoms with van der Waals surface area (Å²) in [7, 11) is 0. The second kappa shape index (κ2) is 3.54. The summed E-state index contributed by atoms with van der Waals surface area (Å²) in [5.41, 5.74) is 2.35. The van der Waals surface area contributed by atoms with Crippen LogP contribution in [-0.2, 0) is 17.6 Å². The predicted molar refractivity (Wildman–Crippen MR) is 54.0 cm³/mol. The number of carbonyl (C=O) groups is 1. The van der Waals surface area contributed by atoms with Crippen LogP contribution in [-0.4, -0.2) is 18.0 Å². The molecule has 0 fully saturated rings. The molecule has 1 N–H and O–H groups in total. The molecular formula is C12H14O2. The highest BCUT2D eigenvalue weighted by Gasteiger charge is 2.35. The highest BCUT2D eigenvalue weighted by molar-refractivity contribution is 5.52. The number of aldehydes is 1. The van der Waals surface area contributed by atoms with Gasteiger partial charge < -0.3 is 9.90 Å². The van der Waals surface area contributed by atoms with E-state index in [0.717, 1.165) is 19.1 Å². The molecule has 0 aliphatic heterocycles. The van der Waals surface area contributed by atoms with Crippen molar-refractivity contribution >= 4 is 6.29 Å². The van der Waals surface area contributed by atoms with Crippen LogP contribution in [0.2, 0.25) is 0 Å². The van der Waals surface area contributed by atoms with Gasteiger partial charge >= 0.3 is 0 Å². The van der Waals surface area contributed by atoms with Crippen LogP contribution in [0.15, 0.2) is 24.3 Å². The van der Waals surface area contributed by atoms with Crippen LogP contribution >= 0.6 is 0 Å². The maximum Gasteiger partial charge on any atom is 0.120 e. The Hall–Kier alpha value is -1.15. The first kappa shape index (κ1) is 9.41. The molecule has 1 aromatic carbocycles. The zero-order valence-electron chi connectivity index (χ0n) is 8.07. The van der Waals surface area contributed by atoms with Crippen molar-refractivity contribution in [2.75, 3.05) is 6.61 Å². The van der Waals surface area contributed by atoms with Crippen molar-refractivity contribution in [1.29, 1.82) is 0 Å². The average molecular weight is 190 g/mol. The highest BCUT2D eigenvalue weighted by atomic mass is 16.3. The molecule has 0 saturated carbocycles. The fourth-order valence-electron chi connectivity index (χ4n) is 2.27. The zero-order chi connectivity index (χ0) is 10.0. The third-order valence-electron chi connectivity index (χ3n) is 3.10. The maximum atomic E-state index is 10.6. The minimum absolute atomic E-state index is 0.0976. The SMILES string of the molecule is O=CCC1(CO)Cc2ccccc2C1. The largest absolute Gasteiger partial charge is 0.396 e. The van der Waals surface area contributed by atoms with Gasteiger partial charge in [0.1, 0.15) is 6.29 Å². The van der Waals surface area contributed by atoms with Gasteiger partial charge in [-0.1, -0.05) is 24.3 Å².